The van der Waals surface area contributed by atoms with Crippen molar-refractivity contribution in [2.45, 2.75) is 12.5 Å². The third-order valence-electron chi connectivity index (χ3n) is 2.96. The maximum absolute atomic E-state index is 12.1. The van der Waals surface area contributed by atoms with E-state index in [0.717, 1.165) is 11.3 Å². The Balaban J connectivity index is 2.43. The van der Waals surface area contributed by atoms with Gasteiger partial charge in [0.15, 0.2) is 6.04 Å². The Hall–Kier alpha value is -2.14. The van der Waals surface area contributed by atoms with Gasteiger partial charge in [0.2, 0.25) is 0 Å². The quantitative estimate of drug-likeness (QED) is 0.818. The van der Waals surface area contributed by atoms with Gasteiger partial charge in [0, 0.05) is 18.3 Å². The number of carbonyl (C=O) groups is 1. The van der Waals surface area contributed by atoms with Crippen molar-refractivity contribution in [1.29, 1.82) is 0 Å². The maximum Gasteiger partial charge on any atom is 0.333 e. The number of nitrogens with zero attached hydrogens (tertiary/aromatic N) is 2. The number of hydrogen-bond acceptors (Lipinski definition) is 4. The highest BCUT2D eigenvalue weighted by atomic mass is 16.5. The minimum Gasteiger partial charge on any atom is -0.467 e. The van der Waals surface area contributed by atoms with Crippen LogP contribution in [0.4, 0.5) is 0 Å². The monoisotopic (exact) mass is 259 g/mol. The van der Waals surface area contributed by atoms with Crippen LogP contribution in [0.2, 0.25) is 0 Å². The highest BCUT2D eigenvalue weighted by Gasteiger charge is 2.24. The smallest absolute Gasteiger partial charge is 0.333 e. The van der Waals surface area contributed by atoms with E-state index in [-0.39, 0.29) is 5.97 Å². The van der Waals surface area contributed by atoms with Crippen LogP contribution in [-0.4, -0.2) is 29.2 Å². The van der Waals surface area contributed by atoms with Crippen molar-refractivity contribution < 1.29 is 9.53 Å². The molecular formula is C14H17N3O2. The van der Waals surface area contributed by atoms with Crippen LogP contribution in [0.15, 0.2) is 42.9 Å². The summed E-state index contributed by atoms with van der Waals surface area (Å²) in [6.45, 7) is 0.508. The Bertz CT molecular complexity index is 537. The van der Waals surface area contributed by atoms with Gasteiger partial charge in [0.25, 0.3) is 0 Å². The molecule has 1 heterocycles. The molecule has 0 bridgehead atoms. The topological polar surface area (TPSA) is 70.1 Å². The van der Waals surface area contributed by atoms with E-state index < -0.39 is 6.04 Å². The van der Waals surface area contributed by atoms with Gasteiger partial charge in [-0.1, -0.05) is 30.3 Å². The largest absolute Gasteiger partial charge is 0.467 e. The van der Waals surface area contributed by atoms with Gasteiger partial charge < -0.3 is 15.0 Å². The van der Waals surface area contributed by atoms with Crippen molar-refractivity contribution in [3.8, 4) is 0 Å². The lowest BCUT2D eigenvalue weighted by Gasteiger charge is -2.19. The molecule has 0 saturated heterocycles. The molecule has 1 atom stereocenters. The second-order valence-corrected chi connectivity index (χ2v) is 4.17. The van der Waals surface area contributed by atoms with Gasteiger partial charge >= 0.3 is 5.97 Å². The fourth-order valence-corrected chi connectivity index (χ4v) is 2.06. The normalized spacial score (nSPS) is 12.1. The van der Waals surface area contributed by atoms with Crippen LogP contribution in [0.5, 0.6) is 0 Å². The molecule has 2 aromatic rings. The average molecular weight is 259 g/mol. The van der Waals surface area contributed by atoms with Crippen LogP contribution >= 0.6 is 0 Å². The molecule has 1 aromatic carbocycles. The molecule has 0 aliphatic heterocycles. The van der Waals surface area contributed by atoms with E-state index >= 15 is 0 Å². The number of benzene rings is 1. The molecule has 0 saturated carbocycles. The summed E-state index contributed by atoms with van der Waals surface area (Å²) in [4.78, 5) is 16.2. The van der Waals surface area contributed by atoms with E-state index in [0.29, 0.717) is 13.0 Å². The van der Waals surface area contributed by atoms with E-state index in [1.807, 2.05) is 34.9 Å². The standard InChI is InChI=1S/C14H17N3O2/c1-19-14(18)13(11-5-3-2-4-6-11)17-10-16-9-12(17)7-8-15/h2-6,9-10,13H,7-8,15H2,1H3. The second kappa shape index (κ2) is 6.15. The minimum atomic E-state index is -0.518. The van der Waals surface area contributed by atoms with Gasteiger partial charge in [-0.05, 0) is 12.1 Å². The van der Waals surface area contributed by atoms with Crippen molar-refractivity contribution in [2.24, 2.45) is 5.73 Å². The molecule has 0 fully saturated rings. The van der Waals surface area contributed by atoms with Gasteiger partial charge in [-0.2, -0.15) is 0 Å². The third kappa shape index (κ3) is 2.82. The summed E-state index contributed by atoms with van der Waals surface area (Å²) in [6, 6.07) is 8.97. The van der Waals surface area contributed by atoms with Gasteiger partial charge in [0.1, 0.15) is 0 Å². The number of ether oxygens (including phenoxy) is 1. The van der Waals surface area contributed by atoms with Gasteiger partial charge in [-0.3, -0.25) is 0 Å². The summed E-state index contributed by atoms with van der Waals surface area (Å²) in [5.74, 6) is -0.317. The summed E-state index contributed by atoms with van der Waals surface area (Å²) in [5, 5.41) is 0. The van der Waals surface area contributed by atoms with Crippen molar-refractivity contribution in [3.05, 3.63) is 54.1 Å². The lowest BCUT2D eigenvalue weighted by Crippen LogP contribution is -2.24. The van der Waals surface area contributed by atoms with E-state index in [4.69, 9.17) is 10.5 Å². The number of nitrogens with two attached hydrogens (primary N) is 1. The Morgan fingerprint density at radius 3 is 2.79 bits per heavy atom. The maximum atomic E-state index is 12.1. The van der Waals surface area contributed by atoms with Crippen molar-refractivity contribution >= 4 is 5.97 Å². The average Bonchev–Trinajstić information content (AvgIpc) is 2.89. The Morgan fingerprint density at radius 2 is 2.16 bits per heavy atom. The van der Waals surface area contributed by atoms with Crippen molar-refractivity contribution in [1.82, 2.24) is 9.55 Å². The number of carbonyl (C=O) groups excluding carboxylic acids is 1. The lowest BCUT2D eigenvalue weighted by molar-refractivity contribution is -0.143. The summed E-state index contributed by atoms with van der Waals surface area (Å²) in [7, 11) is 1.39. The molecule has 2 rings (SSSR count). The molecule has 0 amide bonds. The van der Waals surface area contributed by atoms with Crippen molar-refractivity contribution in [2.75, 3.05) is 13.7 Å². The molecule has 19 heavy (non-hydrogen) atoms. The van der Waals surface area contributed by atoms with Crippen molar-refractivity contribution in [3.63, 3.8) is 0 Å². The van der Waals surface area contributed by atoms with Gasteiger partial charge in [0.05, 0.1) is 13.4 Å². The SMILES string of the molecule is COC(=O)C(c1ccccc1)n1cncc1CCN. The summed E-state index contributed by atoms with van der Waals surface area (Å²) in [6.07, 6.45) is 4.03. The molecule has 0 spiro atoms. The Kier molecular flexibility index (Phi) is 4.30. The highest BCUT2D eigenvalue weighted by molar-refractivity contribution is 5.78. The third-order valence-corrected chi connectivity index (χ3v) is 2.96. The minimum absolute atomic E-state index is 0.317. The first-order valence-electron chi connectivity index (χ1n) is 6.11. The Morgan fingerprint density at radius 1 is 1.42 bits per heavy atom. The predicted molar refractivity (Wildman–Crippen MR) is 71.6 cm³/mol. The number of hydrogen-bond donors (Lipinski definition) is 1. The number of methoxy groups -OCH3 is 1. The molecule has 1 unspecified atom stereocenters. The van der Waals surface area contributed by atoms with E-state index in [1.54, 1.807) is 12.5 Å². The number of rotatable bonds is 5. The van der Waals surface area contributed by atoms with E-state index in [9.17, 15) is 4.79 Å². The summed E-state index contributed by atoms with van der Waals surface area (Å²) < 4.78 is 6.72. The zero-order valence-corrected chi connectivity index (χ0v) is 10.8. The van der Waals surface area contributed by atoms with Crippen LogP contribution in [0, 0.1) is 0 Å². The van der Waals surface area contributed by atoms with Crippen LogP contribution < -0.4 is 5.73 Å². The Labute approximate surface area is 112 Å². The van der Waals surface area contributed by atoms with Gasteiger partial charge in [-0.25, -0.2) is 9.78 Å². The first-order chi connectivity index (χ1) is 9.27. The number of imidazole rings is 1. The molecule has 5 heteroatoms. The molecular weight excluding hydrogens is 242 g/mol. The van der Waals surface area contributed by atoms with Crippen LogP contribution in [-0.2, 0) is 16.0 Å². The lowest BCUT2D eigenvalue weighted by atomic mass is 10.1. The summed E-state index contributed by atoms with van der Waals surface area (Å²) in [5.41, 5.74) is 7.36. The predicted octanol–water partition coefficient (Wildman–Crippen LogP) is 1.15. The molecule has 1 aromatic heterocycles. The number of esters is 1. The molecule has 100 valence electrons. The van der Waals surface area contributed by atoms with Gasteiger partial charge in [-0.15, -0.1) is 0 Å². The molecule has 0 aliphatic carbocycles. The zero-order chi connectivity index (χ0) is 13.7. The van der Waals surface area contributed by atoms with Crippen LogP contribution in [0.25, 0.3) is 0 Å². The molecule has 5 nitrogen and oxygen atoms in total. The zero-order valence-electron chi connectivity index (χ0n) is 10.8. The fraction of sp³-hybridized carbons (Fsp3) is 0.286. The fourth-order valence-electron chi connectivity index (χ4n) is 2.06. The van der Waals surface area contributed by atoms with E-state index in [2.05, 4.69) is 4.98 Å². The first kappa shape index (κ1) is 13.3. The highest BCUT2D eigenvalue weighted by Crippen LogP contribution is 2.21. The second-order valence-electron chi connectivity index (χ2n) is 4.17. The van der Waals surface area contributed by atoms with E-state index in [1.165, 1.54) is 7.11 Å². The molecule has 0 aliphatic rings. The van der Waals surface area contributed by atoms with Crippen LogP contribution in [0.1, 0.15) is 17.3 Å². The number of aromatic nitrogens is 2. The molecule has 2 N–H and O–H groups in total. The molecule has 0 radical (unpaired) electrons. The van der Waals surface area contributed by atoms with Crippen LogP contribution in [0.3, 0.4) is 0 Å². The summed E-state index contributed by atoms with van der Waals surface area (Å²) >= 11 is 0. The first-order valence-corrected chi connectivity index (χ1v) is 6.11.